The number of benzene rings is 1. The first-order valence-electron chi connectivity index (χ1n) is 8.37. The molecule has 0 radical (unpaired) electrons. The van der Waals surface area contributed by atoms with Crippen molar-refractivity contribution in [1.82, 2.24) is 5.32 Å². The van der Waals surface area contributed by atoms with Crippen molar-refractivity contribution < 1.29 is 5.11 Å². The Morgan fingerprint density at radius 2 is 1.90 bits per heavy atom. The number of nitrogens with one attached hydrogen (secondary N) is 1. The summed E-state index contributed by atoms with van der Waals surface area (Å²) in [4.78, 5) is 2.41. The topological polar surface area (TPSA) is 35.5 Å². The lowest BCUT2D eigenvalue weighted by Gasteiger charge is -2.31. The predicted octanol–water partition coefficient (Wildman–Crippen LogP) is 4.47. The van der Waals surface area contributed by atoms with Crippen molar-refractivity contribution in [2.24, 2.45) is 0 Å². The largest absolute Gasteiger partial charge is 0.508 e. The molecule has 3 nitrogen and oxygen atoms in total. The van der Waals surface area contributed by atoms with Gasteiger partial charge in [0.1, 0.15) is 5.75 Å². The van der Waals surface area contributed by atoms with Crippen LogP contribution in [0.5, 0.6) is 5.75 Å². The fraction of sp³-hybridized carbons (Fsp3) is 0.667. The summed E-state index contributed by atoms with van der Waals surface area (Å²) in [5, 5.41) is 13.7. The molecule has 3 heteroatoms. The molecular weight excluding hydrogens is 260 g/mol. The van der Waals surface area contributed by atoms with Gasteiger partial charge in [-0.15, -0.1) is 0 Å². The van der Waals surface area contributed by atoms with Crippen molar-refractivity contribution >= 4 is 5.69 Å². The molecular formula is C18H32N2O. The zero-order valence-electron chi connectivity index (χ0n) is 14.3. The number of phenolic OH excluding ortho intramolecular Hbond substituents is 1. The molecule has 1 rings (SSSR count). The number of nitrogens with zero attached hydrogens (tertiary/aromatic N) is 1. The van der Waals surface area contributed by atoms with E-state index in [-0.39, 0.29) is 6.04 Å². The quantitative estimate of drug-likeness (QED) is 0.705. The van der Waals surface area contributed by atoms with Gasteiger partial charge in [0.2, 0.25) is 0 Å². The number of hydrogen-bond acceptors (Lipinski definition) is 3. The number of unbranched alkanes of at least 4 members (excludes halogenated alkanes) is 1. The molecule has 0 spiro atoms. The Morgan fingerprint density at radius 1 is 1.19 bits per heavy atom. The van der Waals surface area contributed by atoms with Gasteiger partial charge in [0.15, 0.2) is 0 Å². The first-order valence-corrected chi connectivity index (χ1v) is 8.37. The van der Waals surface area contributed by atoms with Crippen LogP contribution in [0.3, 0.4) is 0 Å². The van der Waals surface area contributed by atoms with Crippen LogP contribution in [-0.4, -0.2) is 24.2 Å². The SMILES string of the molecule is CCCCN(c1ccc(C(C)NCC)c(O)c1)C(C)CC. The summed E-state index contributed by atoms with van der Waals surface area (Å²) >= 11 is 0. The highest BCUT2D eigenvalue weighted by atomic mass is 16.3. The highest BCUT2D eigenvalue weighted by Gasteiger charge is 2.16. The normalized spacial score (nSPS) is 14.0. The van der Waals surface area contributed by atoms with Gasteiger partial charge in [-0.2, -0.15) is 0 Å². The van der Waals surface area contributed by atoms with Crippen LogP contribution in [0.4, 0.5) is 5.69 Å². The summed E-state index contributed by atoms with van der Waals surface area (Å²) in [6, 6.07) is 6.79. The lowest BCUT2D eigenvalue weighted by Crippen LogP contribution is -2.33. The fourth-order valence-corrected chi connectivity index (χ4v) is 2.65. The fourth-order valence-electron chi connectivity index (χ4n) is 2.65. The van der Waals surface area contributed by atoms with E-state index in [1.165, 1.54) is 12.8 Å². The maximum atomic E-state index is 10.4. The van der Waals surface area contributed by atoms with E-state index in [9.17, 15) is 5.11 Å². The molecule has 0 amide bonds. The van der Waals surface area contributed by atoms with Crippen LogP contribution in [0.15, 0.2) is 18.2 Å². The van der Waals surface area contributed by atoms with Crippen LogP contribution in [0.25, 0.3) is 0 Å². The van der Waals surface area contributed by atoms with Gasteiger partial charge in [-0.3, -0.25) is 0 Å². The molecule has 1 aromatic rings. The molecule has 0 aromatic heterocycles. The molecule has 21 heavy (non-hydrogen) atoms. The van der Waals surface area contributed by atoms with Crippen molar-refractivity contribution in [3.63, 3.8) is 0 Å². The minimum Gasteiger partial charge on any atom is -0.508 e. The van der Waals surface area contributed by atoms with E-state index >= 15 is 0 Å². The van der Waals surface area contributed by atoms with Crippen LogP contribution in [0.1, 0.15) is 65.5 Å². The number of aromatic hydroxyl groups is 1. The number of phenols is 1. The minimum atomic E-state index is 0.178. The Bertz CT molecular complexity index is 420. The van der Waals surface area contributed by atoms with Crippen LogP contribution < -0.4 is 10.2 Å². The smallest absolute Gasteiger partial charge is 0.122 e. The molecule has 2 atom stereocenters. The van der Waals surface area contributed by atoms with Gasteiger partial charge in [0, 0.05) is 35.9 Å². The summed E-state index contributed by atoms with van der Waals surface area (Å²) < 4.78 is 0. The first kappa shape index (κ1) is 17.8. The Hall–Kier alpha value is -1.22. The summed E-state index contributed by atoms with van der Waals surface area (Å²) in [6.07, 6.45) is 3.48. The van der Waals surface area contributed by atoms with Gasteiger partial charge >= 0.3 is 0 Å². The number of anilines is 1. The summed E-state index contributed by atoms with van der Waals surface area (Å²) in [7, 11) is 0. The maximum Gasteiger partial charge on any atom is 0.122 e. The Labute approximate surface area is 130 Å². The van der Waals surface area contributed by atoms with Crippen LogP contribution >= 0.6 is 0 Å². The molecule has 0 saturated carbocycles. The van der Waals surface area contributed by atoms with E-state index in [0.29, 0.717) is 11.8 Å². The summed E-state index contributed by atoms with van der Waals surface area (Å²) in [6.45, 7) is 12.8. The van der Waals surface area contributed by atoms with E-state index in [2.05, 4.69) is 57.0 Å². The molecule has 1 aromatic carbocycles. The van der Waals surface area contributed by atoms with Gasteiger partial charge in [0.05, 0.1) is 0 Å². The third-order valence-electron chi connectivity index (χ3n) is 4.20. The van der Waals surface area contributed by atoms with E-state index in [1.54, 1.807) is 0 Å². The first-order chi connectivity index (χ1) is 10.0. The molecule has 0 bridgehead atoms. The van der Waals surface area contributed by atoms with Gasteiger partial charge in [-0.1, -0.05) is 33.3 Å². The standard InChI is InChI=1S/C18H32N2O/c1-6-9-12-20(14(4)7-2)16-10-11-17(18(21)13-16)15(5)19-8-3/h10-11,13-15,19,21H,6-9,12H2,1-5H3. The Balaban J connectivity index is 2.97. The highest BCUT2D eigenvalue weighted by Crippen LogP contribution is 2.30. The van der Waals surface area contributed by atoms with Crippen LogP contribution in [-0.2, 0) is 0 Å². The van der Waals surface area contributed by atoms with Gasteiger partial charge in [0.25, 0.3) is 0 Å². The van der Waals surface area contributed by atoms with E-state index < -0.39 is 0 Å². The second-order valence-corrected chi connectivity index (χ2v) is 5.83. The van der Waals surface area contributed by atoms with E-state index in [0.717, 1.165) is 30.8 Å². The highest BCUT2D eigenvalue weighted by molar-refractivity contribution is 5.54. The van der Waals surface area contributed by atoms with Crippen molar-refractivity contribution in [1.29, 1.82) is 0 Å². The van der Waals surface area contributed by atoms with Crippen molar-refractivity contribution in [3.05, 3.63) is 23.8 Å². The minimum absolute atomic E-state index is 0.178. The van der Waals surface area contributed by atoms with Crippen LogP contribution in [0, 0.1) is 0 Å². The predicted molar refractivity (Wildman–Crippen MR) is 92.2 cm³/mol. The second-order valence-electron chi connectivity index (χ2n) is 5.83. The zero-order chi connectivity index (χ0) is 15.8. The van der Waals surface area contributed by atoms with Crippen molar-refractivity contribution in [2.75, 3.05) is 18.0 Å². The van der Waals surface area contributed by atoms with Crippen molar-refractivity contribution in [2.45, 2.75) is 66.0 Å². The van der Waals surface area contributed by atoms with E-state index in [4.69, 9.17) is 0 Å². The average Bonchev–Trinajstić information content (AvgIpc) is 2.47. The molecule has 0 fully saturated rings. The lowest BCUT2D eigenvalue weighted by molar-refractivity contribution is 0.454. The summed E-state index contributed by atoms with van der Waals surface area (Å²) in [5.74, 6) is 0.394. The molecule has 2 N–H and O–H groups in total. The van der Waals surface area contributed by atoms with Crippen LogP contribution in [0.2, 0.25) is 0 Å². The molecule has 2 unspecified atom stereocenters. The Kier molecular flexibility index (Phi) is 7.58. The maximum absolute atomic E-state index is 10.4. The van der Waals surface area contributed by atoms with Crippen molar-refractivity contribution in [3.8, 4) is 5.75 Å². The van der Waals surface area contributed by atoms with Gasteiger partial charge in [-0.05, 0) is 39.3 Å². The zero-order valence-corrected chi connectivity index (χ0v) is 14.3. The molecule has 0 aliphatic rings. The van der Waals surface area contributed by atoms with E-state index in [1.807, 2.05) is 6.07 Å². The number of hydrogen-bond donors (Lipinski definition) is 2. The molecule has 120 valence electrons. The third-order valence-corrected chi connectivity index (χ3v) is 4.20. The third kappa shape index (κ3) is 4.92. The average molecular weight is 292 g/mol. The molecule has 0 saturated heterocycles. The van der Waals surface area contributed by atoms with Gasteiger partial charge in [-0.25, -0.2) is 0 Å². The molecule has 0 aliphatic carbocycles. The monoisotopic (exact) mass is 292 g/mol. The second kappa shape index (κ2) is 8.93. The number of rotatable bonds is 9. The lowest BCUT2D eigenvalue weighted by atomic mass is 10.0. The molecule has 0 heterocycles. The molecule has 0 aliphatic heterocycles. The Morgan fingerprint density at radius 3 is 2.43 bits per heavy atom. The van der Waals surface area contributed by atoms with Gasteiger partial charge < -0.3 is 15.3 Å². The summed E-state index contributed by atoms with van der Waals surface area (Å²) in [5.41, 5.74) is 2.10.